The Morgan fingerprint density at radius 1 is 1.15 bits per heavy atom. The lowest BCUT2D eigenvalue weighted by Gasteiger charge is -2.09. The van der Waals surface area contributed by atoms with Gasteiger partial charge in [0, 0.05) is 20.6 Å². The Kier molecular flexibility index (Phi) is 5.98. The van der Waals surface area contributed by atoms with E-state index in [2.05, 4.69) is 26.2 Å². The van der Waals surface area contributed by atoms with Gasteiger partial charge in [0.05, 0.1) is 26.3 Å². The first-order chi connectivity index (χ1) is 13.0. The van der Waals surface area contributed by atoms with Crippen LogP contribution >= 0.6 is 27.3 Å². The van der Waals surface area contributed by atoms with Gasteiger partial charge in [-0.05, 0) is 42.5 Å². The van der Waals surface area contributed by atoms with Gasteiger partial charge in [-0.1, -0.05) is 15.9 Å². The zero-order valence-electron chi connectivity index (χ0n) is 14.7. The molecular formula is C19H17BrN2O4S. The molecule has 3 rings (SSSR count). The second-order valence-electron chi connectivity index (χ2n) is 5.56. The van der Waals surface area contributed by atoms with Gasteiger partial charge in [0.25, 0.3) is 0 Å². The minimum absolute atomic E-state index is 0.108. The fourth-order valence-corrected chi connectivity index (χ4v) is 3.79. The molecule has 0 aliphatic heterocycles. The van der Waals surface area contributed by atoms with E-state index in [-0.39, 0.29) is 6.42 Å². The number of aliphatic carboxylic acids is 1. The Morgan fingerprint density at radius 3 is 2.48 bits per heavy atom. The third-order valence-electron chi connectivity index (χ3n) is 3.76. The third-order valence-corrected chi connectivity index (χ3v) is 5.26. The van der Waals surface area contributed by atoms with E-state index in [1.807, 2.05) is 30.3 Å². The van der Waals surface area contributed by atoms with Crippen LogP contribution < -0.4 is 14.8 Å². The second-order valence-corrected chi connectivity index (χ2v) is 7.56. The number of hydrogen-bond donors (Lipinski definition) is 2. The number of rotatable bonds is 7. The molecule has 0 radical (unpaired) electrons. The summed E-state index contributed by atoms with van der Waals surface area (Å²) in [6, 6.07) is 13.1. The van der Waals surface area contributed by atoms with Gasteiger partial charge in [-0.15, -0.1) is 11.3 Å². The van der Waals surface area contributed by atoms with E-state index in [0.717, 1.165) is 15.7 Å². The molecule has 0 saturated heterocycles. The zero-order chi connectivity index (χ0) is 19.4. The van der Waals surface area contributed by atoms with Crippen LogP contribution in [0, 0.1) is 0 Å². The number of halogens is 1. The maximum absolute atomic E-state index is 11.3. The highest BCUT2D eigenvalue weighted by Gasteiger charge is 2.17. The number of carboxylic acid groups (broad SMARTS) is 1. The van der Waals surface area contributed by atoms with E-state index in [4.69, 9.17) is 9.47 Å². The summed E-state index contributed by atoms with van der Waals surface area (Å²) in [4.78, 5) is 16.6. The Morgan fingerprint density at radius 2 is 1.85 bits per heavy atom. The first-order valence-corrected chi connectivity index (χ1v) is 9.57. The summed E-state index contributed by atoms with van der Waals surface area (Å²) >= 11 is 4.72. The van der Waals surface area contributed by atoms with E-state index in [9.17, 15) is 9.90 Å². The molecular weight excluding hydrogens is 432 g/mol. The van der Waals surface area contributed by atoms with Crippen LogP contribution in [0.5, 0.6) is 11.5 Å². The fraction of sp³-hybridized carbons (Fsp3) is 0.158. The highest BCUT2D eigenvalue weighted by atomic mass is 79.9. The average Bonchev–Trinajstić information content (AvgIpc) is 3.04. The number of thiazole rings is 1. The molecule has 27 heavy (non-hydrogen) atoms. The van der Waals surface area contributed by atoms with E-state index in [1.165, 1.54) is 11.3 Å². The Bertz CT molecular complexity index is 957. The van der Waals surface area contributed by atoms with Crippen molar-refractivity contribution in [2.45, 2.75) is 6.42 Å². The van der Waals surface area contributed by atoms with E-state index in [1.54, 1.807) is 26.4 Å². The summed E-state index contributed by atoms with van der Waals surface area (Å²) in [5, 5.41) is 13.1. The second kappa shape index (κ2) is 8.41. The van der Waals surface area contributed by atoms with Gasteiger partial charge in [0.15, 0.2) is 16.6 Å². The van der Waals surface area contributed by atoms with Crippen LogP contribution in [0.2, 0.25) is 0 Å². The Balaban J connectivity index is 1.99. The molecule has 0 saturated carbocycles. The average molecular weight is 449 g/mol. The molecule has 0 aliphatic carbocycles. The van der Waals surface area contributed by atoms with Crippen LogP contribution in [-0.2, 0) is 11.2 Å². The minimum atomic E-state index is -0.907. The third kappa shape index (κ3) is 4.58. The van der Waals surface area contributed by atoms with E-state index in [0.29, 0.717) is 27.2 Å². The van der Waals surface area contributed by atoms with Crippen molar-refractivity contribution in [3.8, 4) is 22.8 Å². The van der Waals surface area contributed by atoms with Crippen LogP contribution in [0.4, 0.5) is 10.8 Å². The first-order valence-electron chi connectivity index (χ1n) is 7.96. The monoisotopic (exact) mass is 448 g/mol. The van der Waals surface area contributed by atoms with Crippen molar-refractivity contribution in [3.63, 3.8) is 0 Å². The maximum Gasteiger partial charge on any atom is 0.308 e. The number of carbonyl (C=O) groups is 1. The molecule has 1 aromatic heterocycles. The van der Waals surface area contributed by atoms with Gasteiger partial charge in [0.1, 0.15) is 0 Å². The lowest BCUT2D eigenvalue weighted by Crippen LogP contribution is -1.99. The molecule has 8 heteroatoms. The van der Waals surface area contributed by atoms with Crippen LogP contribution in [0.25, 0.3) is 11.3 Å². The summed E-state index contributed by atoms with van der Waals surface area (Å²) in [7, 11) is 3.12. The number of benzene rings is 2. The summed E-state index contributed by atoms with van der Waals surface area (Å²) in [5.41, 5.74) is 2.25. The van der Waals surface area contributed by atoms with E-state index >= 15 is 0 Å². The molecule has 1 heterocycles. The van der Waals surface area contributed by atoms with Gasteiger partial charge in [-0.25, -0.2) is 4.98 Å². The van der Waals surface area contributed by atoms with Crippen molar-refractivity contribution >= 4 is 44.1 Å². The van der Waals surface area contributed by atoms with E-state index < -0.39 is 5.97 Å². The lowest BCUT2D eigenvalue weighted by molar-refractivity contribution is -0.136. The van der Waals surface area contributed by atoms with Gasteiger partial charge in [-0.3, -0.25) is 4.79 Å². The normalized spacial score (nSPS) is 10.5. The molecule has 0 spiro atoms. The highest BCUT2D eigenvalue weighted by molar-refractivity contribution is 9.10. The molecule has 0 fully saturated rings. The number of ether oxygens (including phenoxy) is 2. The summed E-state index contributed by atoms with van der Waals surface area (Å²) in [6.45, 7) is 0. The van der Waals surface area contributed by atoms with Crippen LogP contribution in [0.15, 0.2) is 46.9 Å². The number of nitrogens with one attached hydrogen (secondary N) is 1. The summed E-state index contributed by atoms with van der Waals surface area (Å²) in [6.07, 6.45) is -0.108. The quantitative estimate of drug-likeness (QED) is 0.531. The van der Waals surface area contributed by atoms with Gasteiger partial charge >= 0.3 is 5.97 Å². The van der Waals surface area contributed by atoms with Crippen molar-refractivity contribution in [1.29, 1.82) is 0 Å². The van der Waals surface area contributed by atoms with Crippen molar-refractivity contribution in [3.05, 3.63) is 51.8 Å². The number of carboxylic acids is 1. The molecule has 0 atom stereocenters. The molecule has 0 aliphatic rings. The number of methoxy groups -OCH3 is 2. The number of aromatic nitrogens is 1. The number of anilines is 2. The molecule has 0 unspecified atom stereocenters. The summed E-state index contributed by atoms with van der Waals surface area (Å²) < 4.78 is 11.6. The van der Waals surface area contributed by atoms with Gasteiger partial charge < -0.3 is 19.9 Å². The molecule has 6 nitrogen and oxygen atoms in total. The predicted octanol–water partition coefficient (Wildman–Crippen LogP) is 4.96. The number of nitrogens with zero attached hydrogens (tertiary/aromatic N) is 1. The van der Waals surface area contributed by atoms with Crippen molar-refractivity contribution in [2.75, 3.05) is 19.5 Å². The predicted molar refractivity (Wildman–Crippen MR) is 109 cm³/mol. The molecule has 0 amide bonds. The van der Waals surface area contributed by atoms with Crippen molar-refractivity contribution in [2.24, 2.45) is 0 Å². The van der Waals surface area contributed by atoms with Crippen LogP contribution in [-0.4, -0.2) is 30.3 Å². The first kappa shape index (κ1) is 19.2. The standard InChI is InChI=1S/C19H17BrN2O4S/c1-25-14-8-3-11(9-15(14)26-2)18-16(10-17(23)24)27-19(22-18)21-13-6-4-12(20)5-7-13/h3-9H,10H2,1-2H3,(H,21,22)(H,23,24). The largest absolute Gasteiger partial charge is 0.493 e. The Labute approximate surface area is 168 Å². The molecule has 2 N–H and O–H groups in total. The van der Waals surface area contributed by atoms with Gasteiger partial charge in [0.2, 0.25) is 0 Å². The number of hydrogen-bond acceptors (Lipinski definition) is 6. The highest BCUT2D eigenvalue weighted by Crippen LogP contribution is 2.37. The van der Waals surface area contributed by atoms with Crippen molar-refractivity contribution < 1.29 is 19.4 Å². The fourth-order valence-electron chi connectivity index (χ4n) is 2.53. The zero-order valence-corrected chi connectivity index (χ0v) is 17.1. The van der Waals surface area contributed by atoms with Crippen LogP contribution in [0.3, 0.4) is 0 Å². The smallest absolute Gasteiger partial charge is 0.308 e. The minimum Gasteiger partial charge on any atom is -0.493 e. The molecule has 3 aromatic rings. The summed E-state index contributed by atoms with van der Waals surface area (Å²) in [5.74, 6) is 0.256. The molecule has 0 bridgehead atoms. The Hall–Kier alpha value is -2.58. The van der Waals surface area contributed by atoms with Gasteiger partial charge in [-0.2, -0.15) is 0 Å². The molecule has 2 aromatic carbocycles. The van der Waals surface area contributed by atoms with Crippen molar-refractivity contribution in [1.82, 2.24) is 4.98 Å². The maximum atomic E-state index is 11.3. The molecule has 140 valence electrons. The van der Waals surface area contributed by atoms with Crippen LogP contribution in [0.1, 0.15) is 4.88 Å². The SMILES string of the molecule is COc1ccc(-c2nc(Nc3ccc(Br)cc3)sc2CC(=O)O)cc1OC. The lowest BCUT2D eigenvalue weighted by atomic mass is 10.1. The topological polar surface area (TPSA) is 80.7 Å².